The minimum atomic E-state index is -3.60. The van der Waals surface area contributed by atoms with Crippen molar-refractivity contribution in [3.63, 3.8) is 0 Å². The molecule has 0 spiro atoms. The number of anilines is 1. The van der Waals surface area contributed by atoms with E-state index in [9.17, 15) is 13.2 Å². The van der Waals surface area contributed by atoms with Gasteiger partial charge in [0, 0.05) is 29.4 Å². The van der Waals surface area contributed by atoms with Crippen LogP contribution in [0.25, 0.3) is 0 Å². The van der Waals surface area contributed by atoms with Gasteiger partial charge in [0.15, 0.2) is 0 Å². The van der Waals surface area contributed by atoms with E-state index in [1.165, 1.54) is 14.8 Å². The van der Waals surface area contributed by atoms with Crippen LogP contribution in [0, 0.1) is 12.8 Å². The second-order valence-electron chi connectivity index (χ2n) is 8.94. The summed E-state index contributed by atoms with van der Waals surface area (Å²) in [6.45, 7) is 2.54. The first-order chi connectivity index (χ1) is 17.2. The third-order valence-corrected chi connectivity index (χ3v) is 9.82. The lowest BCUT2D eigenvalue weighted by Crippen LogP contribution is -2.44. The zero-order valence-electron chi connectivity index (χ0n) is 19.9. The van der Waals surface area contributed by atoms with Crippen LogP contribution in [-0.2, 0) is 26.3 Å². The topological polar surface area (TPSA) is 66.5 Å². The van der Waals surface area contributed by atoms with Gasteiger partial charge in [-0.3, -0.25) is 4.79 Å². The van der Waals surface area contributed by atoms with Crippen molar-refractivity contribution in [2.75, 3.05) is 18.4 Å². The number of piperidine rings is 1. The molecule has 1 atom stereocenters. The maximum Gasteiger partial charge on any atom is 0.228 e. The van der Waals surface area contributed by atoms with Gasteiger partial charge in [0.1, 0.15) is 0 Å². The van der Waals surface area contributed by atoms with Crippen molar-refractivity contribution in [3.8, 4) is 0 Å². The maximum atomic E-state index is 13.1. The zero-order chi connectivity index (χ0) is 25.7. The number of thioether (sulfide) groups is 1. The van der Waals surface area contributed by atoms with Gasteiger partial charge >= 0.3 is 0 Å². The quantitative estimate of drug-likeness (QED) is 0.307. The van der Waals surface area contributed by atoms with Crippen LogP contribution in [0.4, 0.5) is 5.69 Å². The van der Waals surface area contributed by atoms with Crippen molar-refractivity contribution in [1.82, 2.24) is 4.31 Å². The fourth-order valence-corrected chi connectivity index (χ4v) is 7.00. The minimum Gasteiger partial charge on any atom is -0.326 e. The molecule has 1 fully saturated rings. The Bertz CT molecular complexity index is 1330. The number of hydrogen-bond acceptors (Lipinski definition) is 4. The van der Waals surface area contributed by atoms with Crippen LogP contribution >= 0.6 is 35.0 Å². The zero-order valence-corrected chi connectivity index (χ0v) is 23.1. The summed E-state index contributed by atoms with van der Waals surface area (Å²) in [5.41, 5.74) is 3.48. The Morgan fingerprint density at radius 2 is 1.78 bits per heavy atom. The number of nitrogens with zero attached hydrogens (tertiary/aromatic N) is 1. The molecule has 1 aliphatic heterocycles. The van der Waals surface area contributed by atoms with Crippen molar-refractivity contribution in [2.24, 2.45) is 5.92 Å². The van der Waals surface area contributed by atoms with Crippen LogP contribution in [0.15, 0.2) is 71.6 Å². The molecule has 1 amide bonds. The smallest absolute Gasteiger partial charge is 0.228 e. The van der Waals surface area contributed by atoms with E-state index in [2.05, 4.69) is 23.5 Å². The largest absolute Gasteiger partial charge is 0.326 e. The molecule has 190 valence electrons. The van der Waals surface area contributed by atoms with Gasteiger partial charge in [0.25, 0.3) is 0 Å². The third kappa shape index (κ3) is 7.05. The first-order valence-electron chi connectivity index (χ1n) is 11.7. The molecule has 1 saturated heterocycles. The van der Waals surface area contributed by atoms with Crippen LogP contribution in [0.2, 0.25) is 10.0 Å². The highest BCUT2D eigenvalue weighted by molar-refractivity contribution is 7.98. The van der Waals surface area contributed by atoms with Crippen molar-refractivity contribution >= 4 is 56.6 Å². The first kappa shape index (κ1) is 27.0. The molecule has 3 aromatic rings. The summed E-state index contributed by atoms with van der Waals surface area (Å²) < 4.78 is 27.5. The highest BCUT2D eigenvalue weighted by Gasteiger charge is 2.32. The number of hydrogen-bond donors (Lipinski definition) is 1. The van der Waals surface area contributed by atoms with E-state index in [4.69, 9.17) is 23.2 Å². The number of nitrogens with one attached hydrogen (secondary N) is 1. The Morgan fingerprint density at radius 3 is 2.50 bits per heavy atom. The summed E-state index contributed by atoms with van der Waals surface area (Å²) in [5.74, 6) is 0.0987. The van der Waals surface area contributed by atoms with Crippen LogP contribution in [0.5, 0.6) is 0 Å². The highest BCUT2D eigenvalue weighted by Crippen LogP contribution is 2.28. The molecule has 0 aromatic heterocycles. The van der Waals surface area contributed by atoms with Gasteiger partial charge < -0.3 is 5.32 Å². The molecule has 0 radical (unpaired) electrons. The van der Waals surface area contributed by atoms with E-state index in [1.807, 2.05) is 37.3 Å². The number of amides is 1. The van der Waals surface area contributed by atoms with Crippen LogP contribution in [0.1, 0.15) is 29.5 Å². The number of sulfonamides is 1. The van der Waals surface area contributed by atoms with E-state index in [0.29, 0.717) is 35.0 Å². The predicted molar refractivity (Wildman–Crippen MR) is 149 cm³/mol. The summed E-state index contributed by atoms with van der Waals surface area (Å²) in [7, 11) is -3.60. The Kier molecular flexibility index (Phi) is 9.01. The summed E-state index contributed by atoms with van der Waals surface area (Å²) >= 11 is 13.8. The summed E-state index contributed by atoms with van der Waals surface area (Å²) in [6.07, 6.45) is 1.28. The number of carbonyl (C=O) groups excluding carboxylic acids is 1. The monoisotopic (exact) mass is 562 g/mol. The van der Waals surface area contributed by atoms with Gasteiger partial charge in [-0.15, -0.1) is 11.8 Å². The van der Waals surface area contributed by atoms with Gasteiger partial charge in [-0.05, 0) is 66.8 Å². The van der Waals surface area contributed by atoms with Gasteiger partial charge in [-0.2, -0.15) is 0 Å². The molecule has 4 rings (SSSR count). The second kappa shape index (κ2) is 12.0. The van der Waals surface area contributed by atoms with E-state index < -0.39 is 15.9 Å². The fourth-order valence-electron chi connectivity index (χ4n) is 4.21. The van der Waals surface area contributed by atoms with Gasteiger partial charge in [0.05, 0.1) is 21.7 Å². The van der Waals surface area contributed by atoms with Crippen LogP contribution in [-0.4, -0.2) is 31.7 Å². The summed E-state index contributed by atoms with van der Waals surface area (Å²) in [6, 6.07) is 21.1. The normalized spacial score (nSPS) is 16.6. The Morgan fingerprint density at radius 1 is 1.03 bits per heavy atom. The van der Waals surface area contributed by atoms with Crippen molar-refractivity contribution in [1.29, 1.82) is 0 Å². The maximum absolute atomic E-state index is 13.1. The molecule has 0 aliphatic carbocycles. The Labute approximate surface area is 227 Å². The van der Waals surface area contributed by atoms with Crippen molar-refractivity contribution in [2.45, 2.75) is 36.2 Å². The van der Waals surface area contributed by atoms with E-state index in [-0.39, 0.29) is 18.2 Å². The van der Waals surface area contributed by atoms with Gasteiger partial charge in [-0.1, -0.05) is 59.6 Å². The standard InChI is InChI=1S/C27H28Cl2N2O3S2/c1-19-14-20(17-35-23-7-3-2-4-8-23)10-12-26(19)30-27(32)22-6-5-13-31(16-22)36(33,34)18-21-9-11-24(28)25(29)15-21/h2-4,7-12,14-15,22H,5-6,13,16-18H2,1H3,(H,30,32)/t22-/m0/s1. The lowest BCUT2D eigenvalue weighted by atomic mass is 9.98. The summed E-state index contributed by atoms with van der Waals surface area (Å²) in [5, 5.41) is 3.72. The number of aryl methyl sites for hydroxylation is 1. The molecule has 1 heterocycles. The number of rotatable bonds is 8. The first-order valence-corrected chi connectivity index (χ1v) is 15.1. The third-order valence-electron chi connectivity index (χ3n) is 6.18. The lowest BCUT2D eigenvalue weighted by Gasteiger charge is -2.31. The fraction of sp³-hybridized carbons (Fsp3) is 0.296. The molecular formula is C27H28Cl2N2O3S2. The van der Waals surface area contributed by atoms with Crippen molar-refractivity contribution < 1.29 is 13.2 Å². The van der Waals surface area contributed by atoms with Gasteiger partial charge in [0.2, 0.25) is 15.9 Å². The highest BCUT2D eigenvalue weighted by atomic mass is 35.5. The van der Waals surface area contributed by atoms with Crippen molar-refractivity contribution in [3.05, 3.63) is 93.5 Å². The molecule has 5 nitrogen and oxygen atoms in total. The Hall–Kier alpha value is -2.03. The minimum absolute atomic E-state index is 0.154. The van der Waals surface area contributed by atoms with E-state index >= 15 is 0 Å². The SMILES string of the molecule is Cc1cc(CSc2ccccc2)ccc1NC(=O)[C@H]1CCCN(S(=O)(=O)Cc2ccc(Cl)c(Cl)c2)C1. The van der Waals surface area contributed by atoms with Gasteiger partial charge in [-0.25, -0.2) is 12.7 Å². The Balaban J connectivity index is 1.36. The molecule has 0 bridgehead atoms. The number of halogens is 2. The van der Waals surface area contributed by atoms with Crippen LogP contribution < -0.4 is 5.32 Å². The second-order valence-corrected chi connectivity index (χ2v) is 12.8. The molecule has 3 aromatic carbocycles. The molecule has 0 saturated carbocycles. The number of carbonyl (C=O) groups is 1. The lowest BCUT2D eigenvalue weighted by molar-refractivity contribution is -0.120. The van der Waals surface area contributed by atoms with E-state index in [0.717, 1.165) is 17.0 Å². The molecule has 1 aliphatic rings. The molecule has 36 heavy (non-hydrogen) atoms. The number of benzene rings is 3. The molecular weight excluding hydrogens is 535 g/mol. The predicted octanol–water partition coefficient (Wildman–Crippen LogP) is 6.77. The average Bonchev–Trinajstić information content (AvgIpc) is 2.87. The van der Waals surface area contributed by atoms with E-state index in [1.54, 1.807) is 30.0 Å². The molecule has 1 N–H and O–H groups in total. The summed E-state index contributed by atoms with van der Waals surface area (Å²) in [4.78, 5) is 14.3. The molecule has 9 heteroatoms. The average molecular weight is 564 g/mol. The van der Waals surface area contributed by atoms with Crippen LogP contribution in [0.3, 0.4) is 0 Å². The molecule has 0 unspecified atom stereocenters.